The lowest BCUT2D eigenvalue weighted by Crippen LogP contribution is -2.39. The van der Waals surface area contributed by atoms with Crippen LogP contribution in [0.15, 0.2) is 60.7 Å². The van der Waals surface area contributed by atoms with Crippen LogP contribution in [0.1, 0.15) is 17.2 Å². The van der Waals surface area contributed by atoms with Crippen LogP contribution in [0, 0.1) is 0 Å². The number of hydrogen-bond acceptors (Lipinski definition) is 3. The second kappa shape index (κ2) is 7.36. The van der Waals surface area contributed by atoms with E-state index in [1.165, 1.54) is 11.1 Å². The molecule has 1 unspecified atom stereocenters. The van der Waals surface area contributed by atoms with Crippen LogP contribution in [-0.2, 0) is 9.47 Å². The zero-order chi connectivity index (χ0) is 14.3. The Labute approximate surface area is 125 Å². The van der Waals surface area contributed by atoms with E-state index in [1.807, 2.05) is 12.1 Å². The zero-order valence-electron chi connectivity index (χ0n) is 12.1. The lowest BCUT2D eigenvalue weighted by Gasteiger charge is -2.26. The minimum Gasteiger partial charge on any atom is -0.376 e. The molecule has 1 atom stereocenters. The zero-order valence-corrected chi connectivity index (χ0v) is 12.1. The largest absolute Gasteiger partial charge is 0.376 e. The highest BCUT2D eigenvalue weighted by molar-refractivity contribution is 5.31. The van der Waals surface area contributed by atoms with E-state index < -0.39 is 0 Å². The van der Waals surface area contributed by atoms with Gasteiger partial charge in [-0.05, 0) is 11.1 Å². The van der Waals surface area contributed by atoms with Gasteiger partial charge in [0.1, 0.15) is 0 Å². The molecule has 0 aliphatic carbocycles. The van der Waals surface area contributed by atoms with Gasteiger partial charge in [-0.2, -0.15) is 0 Å². The monoisotopic (exact) mass is 283 g/mol. The molecule has 110 valence electrons. The van der Waals surface area contributed by atoms with Crippen molar-refractivity contribution in [3.05, 3.63) is 71.8 Å². The highest BCUT2D eigenvalue weighted by atomic mass is 16.6. The van der Waals surface area contributed by atoms with Gasteiger partial charge in [0.25, 0.3) is 0 Å². The Morgan fingerprint density at radius 3 is 2.05 bits per heavy atom. The first kappa shape index (κ1) is 14.3. The van der Waals surface area contributed by atoms with Gasteiger partial charge < -0.3 is 14.8 Å². The third-order valence-electron chi connectivity index (χ3n) is 3.70. The molecule has 0 saturated carbocycles. The molecular weight excluding hydrogens is 262 g/mol. The molecule has 0 spiro atoms. The SMILES string of the molecule is c1ccc(C(NCC2COCCO2)c2ccccc2)cc1. The van der Waals surface area contributed by atoms with E-state index in [1.54, 1.807) is 0 Å². The summed E-state index contributed by atoms with van der Waals surface area (Å²) in [5.41, 5.74) is 2.53. The molecule has 1 heterocycles. The Morgan fingerprint density at radius 2 is 1.52 bits per heavy atom. The normalized spacial score (nSPS) is 18.8. The van der Waals surface area contributed by atoms with Gasteiger partial charge in [0.05, 0.1) is 32.0 Å². The van der Waals surface area contributed by atoms with Gasteiger partial charge in [0.2, 0.25) is 0 Å². The molecular formula is C18H21NO2. The van der Waals surface area contributed by atoms with Crippen molar-refractivity contribution in [2.24, 2.45) is 0 Å². The van der Waals surface area contributed by atoms with Crippen molar-refractivity contribution in [1.29, 1.82) is 0 Å². The Balaban J connectivity index is 1.73. The Kier molecular flexibility index (Phi) is 5.00. The van der Waals surface area contributed by atoms with E-state index in [2.05, 4.69) is 53.8 Å². The number of nitrogens with one attached hydrogen (secondary N) is 1. The molecule has 3 heteroatoms. The maximum absolute atomic E-state index is 5.71. The van der Waals surface area contributed by atoms with Gasteiger partial charge >= 0.3 is 0 Å². The van der Waals surface area contributed by atoms with Crippen molar-refractivity contribution < 1.29 is 9.47 Å². The van der Waals surface area contributed by atoms with E-state index in [4.69, 9.17) is 9.47 Å². The van der Waals surface area contributed by atoms with Crippen LogP contribution < -0.4 is 5.32 Å². The Morgan fingerprint density at radius 1 is 0.905 bits per heavy atom. The fourth-order valence-corrected chi connectivity index (χ4v) is 2.62. The van der Waals surface area contributed by atoms with E-state index in [-0.39, 0.29) is 12.1 Å². The molecule has 0 radical (unpaired) electrons. The molecule has 3 rings (SSSR count). The lowest BCUT2D eigenvalue weighted by molar-refractivity contribution is -0.0868. The Bertz CT molecular complexity index is 484. The summed E-state index contributed by atoms with van der Waals surface area (Å²) in [4.78, 5) is 0. The first-order chi connectivity index (χ1) is 10.4. The summed E-state index contributed by atoms with van der Waals surface area (Å²) in [6, 6.07) is 21.2. The predicted octanol–water partition coefficient (Wildman–Crippen LogP) is 2.78. The fourth-order valence-electron chi connectivity index (χ4n) is 2.62. The van der Waals surface area contributed by atoms with E-state index in [0.29, 0.717) is 19.8 Å². The molecule has 1 fully saturated rings. The van der Waals surface area contributed by atoms with Crippen molar-refractivity contribution in [2.45, 2.75) is 12.1 Å². The van der Waals surface area contributed by atoms with Gasteiger partial charge in [-0.15, -0.1) is 0 Å². The van der Waals surface area contributed by atoms with E-state index in [9.17, 15) is 0 Å². The number of rotatable bonds is 5. The minimum atomic E-state index is 0.133. The van der Waals surface area contributed by atoms with Crippen LogP contribution in [-0.4, -0.2) is 32.5 Å². The molecule has 2 aromatic carbocycles. The lowest BCUT2D eigenvalue weighted by atomic mass is 9.98. The summed E-state index contributed by atoms with van der Waals surface area (Å²) in [7, 11) is 0. The quantitative estimate of drug-likeness (QED) is 0.915. The summed E-state index contributed by atoms with van der Waals surface area (Å²) in [6.07, 6.45) is 0.133. The molecule has 21 heavy (non-hydrogen) atoms. The molecule has 1 aliphatic heterocycles. The molecule has 0 amide bonds. The Hall–Kier alpha value is -1.68. The van der Waals surface area contributed by atoms with Crippen molar-refractivity contribution in [3.8, 4) is 0 Å². The highest BCUT2D eigenvalue weighted by Gasteiger charge is 2.18. The predicted molar refractivity (Wildman–Crippen MR) is 83.3 cm³/mol. The number of ether oxygens (including phenoxy) is 2. The van der Waals surface area contributed by atoms with E-state index in [0.717, 1.165) is 6.54 Å². The van der Waals surface area contributed by atoms with Gasteiger partial charge in [-0.3, -0.25) is 0 Å². The summed E-state index contributed by atoms with van der Waals surface area (Å²) < 4.78 is 11.2. The van der Waals surface area contributed by atoms with Gasteiger partial charge in [0, 0.05) is 6.54 Å². The summed E-state index contributed by atoms with van der Waals surface area (Å²) in [5, 5.41) is 3.62. The second-order valence-corrected chi connectivity index (χ2v) is 5.23. The van der Waals surface area contributed by atoms with E-state index >= 15 is 0 Å². The van der Waals surface area contributed by atoms with Gasteiger partial charge in [-0.25, -0.2) is 0 Å². The third-order valence-corrected chi connectivity index (χ3v) is 3.70. The topological polar surface area (TPSA) is 30.5 Å². The molecule has 3 nitrogen and oxygen atoms in total. The van der Waals surface area contributed by atoms with Crippen LogP contribution in [0.2, 0.25) is 0 Å². The maximum atomic E-state index is 5.71. The average molecular weight is 283 g/mol. The van der Waals surface area contributed by atoms with Crippen LogP contribution in [0.25, 0.3) is 0 Å². The van der Waals surface area contributed by atoms with Crippen molar-refractivity contribution >= 4 is 0 Å². The first-order valence-corrected chi connectivity index (χ1v) is 7.46. The number of hydrogen-bond donors (Lipinski definition) is 1. The molecule has 0 aromatic heterocycles. The summed E-state index contributed by atoms with van der Waals surface area (Å²) in [6.45, 7) is 2.85. The second-order valence-electron chi connectivity index (χ2n) is 5.23. The maximum Gasteiger partial charge on any atom is 0.0933 e. The van der Waals surface area contributed by atoms with Crippen LogP contribution in [0.4, 0.5) is 0 Å². The fraction of sp³-hybridized carbons (Fsp3) is 0.333. The van der Waals surface area contributed by atoms with Crippen molar-refractivity contribution in [3.63, 3.8) is 0 Å². The molecule has 1 aliphatic rings. The van der Waals surface area contributed by atoms with Crippen molar-refractivity contribution in [1.82, 2.24) is 5.32 Å². The minimum absolute atomic E-state index is 0.133. The van der Waals surface area contributed by atoms with Gasteiger partial charge in [-0.1, -0.05) is 60.7 Å². The molecule has 1 N–H and O–H groups in total. The summed E-state index contributed by atoms with van der Waals surface area (Å²) in [5.74, 6) is 0. The standard InChI is InChI=1S/C18H21NO2/c1-3-7-15(8-4-1)18(16-9-5-2-6-10-16)19-13-17-14-20-11-12-21-17/h1-10,17-19H,11-14H2. The highest BCUT2D eigenvalue weighted by Crippen LogP contribution is 2.21. The first-order valence-electron chi connectivity index (χ1n) is 7.46. The van der Waals surface area contributed by atoms with Gasteiger partial charge in [0.15, 0.2) is 0 Å². The molecule has 0 bridgehead atoms. The molecule has 2 aromatic rings. The number of benzene rings is 2. The van der Waals surface area contributed by atoms with Crippen LogP contribution >= 0.6 is 0 Å². The van der Waals surface area contributed by atoms with Crippen LogP contribution in [0.5, 0.6) is 0 Å². The third kappa shape index (κ3) is 3.91. The van der Waals surface area contributed by atoms with Crippen molar-refractivity contribution in [2.75, 3.05) is 26.4 Å². The average Bonchev–Trinajstić information content (AvgIpc) is 2.58. The van der Waals surface area contributed by atoms with Crippen LogP contribution in [0.3, 0.4) is 0 Å². The molecule has 1 saturated heterocycles. The smallest absolute Gasteiger partial charge is 0.0933 e. The summed E-state index contributed by atoms with van der Waals surface area (Å²) >= 11 is 0.